The molecule has 4 rings (SSSR count). The van der Waals surface area contributed by atoms with Gasteiger partial charge in [-0.15, -0.1) is 0 Å². The molecule has 4 unspecified atom stereocenters. The van der Waals surface area contributed by atoms with Gasteiger partial charge >= 0.3 is 0 Å². The van der Waals surface area contributed by atoms with Gasteiger partial charge in [0, 0.05) is 0 Å². The Bertz CT molecular complexity index is 646. The van der Waals surface area contributed by atoms with Gasteiger partial charge in [0.25, 0.3) is 0 Å². The lowest BCUT2D eigenvalue weighted by molar-refractivity contribution is 0.0711. The fraction of sp³-hybridized carbons (Fsp3) is 0.741. The first kappa shape index (κ1) is 20.0. The summed E-state index contributed by atoms with van der Waals surface area (Å²) in [5.74, 6) is 5.85. The minimum Gasteiger partial charge on any atom is -0.192 e. The smallest absolute Gasteiger partial charge is 0.0991 e. The van der Waals surface area contributed by atoms with Crippen LogP contribution in [0.25, 0.3) is 0 Å². The molecule has 152 valence electrons. The molecule has 1 heteroatoms. The standard InChI is InChI=1S/C27H39N/c1-2-3-4-20-5-9-22(10-6-20)24-13-15-27-18-25(14-16-26(27)17-24)23-11-7-21(19-28)8-12-23/h7-8,11-12,20,22,24-27H,2-6,9-10,13-18H2,1H3. The zero-order valence-electron chi connectivity index (χ0n) is 17.9. The molecule has 0 N–H and O–H groups in total. The molecule has 1 nitrogen and oxygen atoms in total. The van der Waals surface area contributed by atoms with E-state index in [9.17, 15) is 0 Å². The number of benzene rings is 1. The fourth-order valence-electron chi connectivity index (χ4n) is 6.93. The average molecular weight is 378 g/mol. The third-order valence-electron chi connectivity index (χ3n) is 8.69. The summed E-state index contributed by atoms with van der Waals surface area (Å²) in [4.78, 5) is 0. The maximum Gasteiger partial charge on any atom is 0.0991 e. The molecule has 3 saturated carbocycles. The van der Waals surface area contributed by atoms with E-state index in [0.717, 1.165) is 41.1 Å². The second-order valence-corrected chi connectivity index (χ2v) is 10.3. The molecule has 3 fully saturated rings. The largest absolute Gasteiger partial charge is 0.192 e. The van der Waals surface area contributed by atoms with Crippen LogP contribution in [0.5, 0.6) is 0 Å². The Morgan fingerprint density at radius 2 is 1.39 bits per heavy atom. The zero-order chi connectivity index (χ0) is 19.3. The summed E-state index contributed by atoms with van der Waals surface area (Å²) in [6.07, 6.45) is 19.2. The van der Waals surface area contributed by atoms with Crippen molar-refractivity contribution < 1.29 is 0 Å². The van der Waals surface area contributed by atoms with Crippen LogP contribution in [0.3, 0.4) is 0 Å². The summed E-state index contributed by atoms with van der Waals surface area (Å²) >= 11 is 0. The van der Waals surface area contributed by atoms with E-state index in [2.05, 4.69) is 25.1 Å². The predicted octanol–water partition coefficient (Wildman–Crippen LogP) is 7.85. The molecule has 0 radical (unpaired) electrons. The molecular weight excluding hydrogens is 338 g/mol. The molecule has 4 atom stereocenters. The maximum absolute atomic E-state index is 9.03. The lowest BCUT2D eigenvalue weighted by Crippen LogP contribution is -2.34. The minimum absolute atomic E-state index is 0.736. The maximum atomic E-state index is 9.03. The van der Waals surface area contributed by atoms with Gasteiger partial charge in [-0.2, -0.15) is 5.26 Å². The van der Waals surface area contributed by atoms with Crippen molar-refractivity contribution in [2.45, 2.75) is 96.3 Å². The number of unbranched alkanes of at least 4 members (excludes halogenated alkanes) is 1. The fourth-order valence-corrected chi connectivity index (χ4v) is 6.93. The molecule has 0 saturated heterocycles. The van der Waals surface area contributed by atoms with Gasteiger partial charge in [0.1, 0.15) is 0 Å². The van der Waals surface area contributed by atoms with Gasteiger partial charge in [-0.05, 0) is 105 Å². The summed E-state index contributed by atoms with van der Waals surface area (Å²) in [6.45, 7) is 2.33. The van der Waals surface area contributed by atoms with Gasteiger partial charge in [0.05, 0.1) is 11.6 Å². The number of fused-ring (bicyclic) bond motifs is 1. The first-order valence-electron chi connectivity index (χ1n) is 12.3. The van der Waals surface area contributed by atoms with Crippen molar-refractivity contribution in [3.63, 3.8) is 0 Å². The van der Waals surface area contributed by atoms with Gasteiger partial charge < -0.3 is 0 Å². The molecule has 0 heterocycles. The molecule has 0 bridgehead atoms. The summed E-state index contributed by atoms with van der Waals surface area (Å²) in [5.41, 5.74) is 2.27. The second kappa shape index (κ2) is 9.47. The third kappa shape index (κ3) is 4.64. The first-order valence-corrected chi connectivity index (χ1v) is 12.3. The summed E-state index contributed by atoms with van der Waals surface area (Å²) < 4.78 is 0. The molecule has 3 aliphatic carbocycles. The van der Waals surface area contributed by atoms with E-state index in [1.54, 1.807) is 0 Å². The number of nitrogens with zero attached hydrogens (tertiary/aromatic N) is 1. The molecule has 1 aromatic rings. The third-order valence-corrected chi connectivity index (χ3v) is 8.69. The topological polar surface area (TPSA) is 23.8 Å². The second-order valence-electron chi connectivity index (χ2n) is 10.3. The average Bonchev–Trinajstić information content (AvgIpc) is 2.77. The molecule has 0 aliphatic heterocycles. The van der Waals surface area contributed by atoms with Crippen molar-refractivity contribution in [3.8, 4) is 6.07 Å². The van der Waals surface area contributed by atoms with Gasteiger partial charge in [0.2, 0.25) is 0 Å². The van der Waals surface area contributed by atoms with Crippen LogP contribution in [-0.4, -0.2) is 0 Å². The van der Waals surface area contributed by atoms with Gasteiger partial charge in [-0.1, -0.05) is 51.2 Å². The summed E-state index contributed by atoms with van der Waals surface area (Å²) in [7, 11) is 0. The lowest BCUT2D eigenvalue weighted by atomic mass is 9.60. The van der Waals surface area contributed by atoms with Crippen molar-refractivity contribution in [2.24, 2.45) is 29.6 Å². The van der Waals surface area contributed by atoms with E-state index < -0.39 is 0 Å². The monoisotopic (exact) mass is 377 g/mol. The van der Waals surface area contributed by atoms with Crippen molar-refractivity contribution in [1.29, 1.82) is 5.26 Å². The van der Waals surface area contributed by atoms with E-state index >= 15 is 0 Å². The van der Waals surface area contributed by atoms with Crippen LogP contribution in [0.15, 0.2) is 24.3 Å². The normalized spacial score (nSPS) is 35.7. The van der Waals surface area contributed by atoms with Crippen LogP contribution in [-0.2, 0) is 0 Å². The Morgan fingerprint density at radius 1 is 0.786 bits per heavy atom. The highest BCUT2D eigenvalue weighted by Crippen LogP contribution is 2.51. The van der Waals surface area contributed by atoms with Crippen LogP contribution in [0.2, 0.25) is 0 Å². The van der Waals surface area contributed by atoms with Crippen molar-refractivity contribution in [2.75, 3.05) is 0 Å². The Kier molecular flexibility index (Phi) is 6.77. The number of hydrogen-bond acceptors (Lipinski definition) is 1. The molecule has 3 aliphatic rings. The first-order chi connectivity index (χ1) is 13.8. The number of nitriles is 1. The van der Waals surface area contributed by atoms with E-state index in [4.69, 9.17) is 5.26 Å². The van der Waals surface area contributed by atoms with Gasteiger partial charge in [-0.3, -0.25) is 0 Å². The Hall–Kier alpha value is -1.29. The quantitative estimate of drug-likeness (QED) is 0.512. The molecular formula is C27H39N. The Balaban J connectivity index is 1.27. The Labute approximate surface area is 172 Å². The van der Waals surface area contributed by atoms with E-state index in [1.165, 1.54) is 89.0 Å². The SMILES string of the molecule is CCCCC1CCC(C2CCC3CC(c4ccc(C#N)cc4)CCC3C2)CC1. The Morgan fingerprint density at radius 3 is 2.07 bits per heavy atom. The van der Waals surface area contributed by atoms with E-state index in [0.29, 0.717) is 0 Å². The van der Waals surface area contributed by atoms with E-state index in [-0.39, 0.29) is 0 Å². The predicted molar refractivity (Wildman–Crippen MR) is 117 cm³/mol. The summed E-state index contributed by atoms with van der Waals surface area (Å²) in [6, 6.07) is 10.7. The van der Waals surface area contributed by atoms with Gasteiger partial charge in [-0.25, -0.2) is 0 Å². The van der Waals surface area contributed by atoms with Crippen LogP contribution in [0, 0.1) is 40.9 Å². The van der Waals surface area contributed by atoms with Crippen LogP contribution >= 0.6 is 0 Å². The molecule has 28 heavy (non-hydrogen) atoms. The van der Waals surface area contributed by atoms with Crippen LogP contribution < -0.4 is 0 Å². The van der Waals surface area contributed by atoms with Crippen LogP contribution in [0.4, 0.5) is 0 Å². The summed E-state index contributed by atoms with van der Waals surface area (Å²) in [5, 5.41) is 9.03. The molecule has 1 aromatic carbocycles. The highest BCUT2D eigenvalue weighted by molar-refractivity contribution is 5.33. The molecule has 0 aromatic heterocycles. The van der Waals surface area contributed by atoms with Crippen molar-refractivity contribution in [3.05, 3.63) is 35.4 Å². The minimum atomic E-state index is 0.736. The molecule has 0 spiro atoms. The van der Waals surface area contributed by atoms with E-state index in [1.807, 2.05) is 12.1 Å². The zero-order valence-corrected chi connectivity index (χ0v) is 17.9. The lowest BCUT2D eigenvalue weighted by Gasteiger charge is -2.45. The van der Waals surface area contributed by atoms with Crippen LogP contribution in [0.1, 0.15) is 107 Å². The highest BCUT2D eigenvalue weighted by atomic mass is 14.4. The molecule has 0 amide bonds. The van der Waals surface area contributed by atoms with Crippen molar-refractivity contribution >= 4 is 0 Å². The number of rotatable bonds is 5. The highest BCUT2D eigenvalue weighted by Gasteiger charge is 2.38. The van der Waals surface area contributed by atoms with Crippen molar-refractivity contribution in [1.82, 2.24) is 0 Å². The van der Waals surface area contributed by atoms with Gasteiger partial charge in [0.15, 0.2) is 0 Å². The number of hydrogen-bond donors (Lipinski definition) is 0.